The lowest BCUT2D eigenvalue weighted by Crippen LogP contribution is -2.34. The molecule has 2 unspecified atom stereocenters. The lowest BCUT2D eigenvalue weighted by molar-refractivity contribution is -0.0207. The SMILES string of the molecule is COC(C)C(CN)OC. The summed E-state index contributed by atoms with van der Waals surface area (Å²) < 4.78 is 9.99. The van der Waals surface area contributed by atoms with E-state index in [4.69, 9.17) is 15.2 Å². The van der Waals surface area contributed by atoms with Gasteiger partial charge in [0.05, 0.1) is 12.2 Å². The molecule has 9 heavy (non-hydrogen) atoms. The maximum absolute atomic E-state index is 5.35. The average Bonchev–Trinajstić information content (AvgIpc) is 1.90. The summed E-state index contributed by atoms with van der Waals surface area (Å²) in [4.78, 5) is 0. The summed E-state index contributed by atoms with van der Waals surface area (Å²) in [5, 5.41) is 0. The molecular weight excluding hydrogens is 118 g/mol. The number of hydrogen-bond acceptors (Lipinski definition) is 3. The smallest absolute Gasteiger partial charge is 0.0951 e. The molecule has 0 aromatic carbocycles. The van der Waals surface area contributed by atoms with E-state index in [0.29, 0.717) is 6.54 Å². The van der Waals surface area contributed by atoms with Gasteiger partial charge in [-0.3, -0.25) is 0 Å². The van der Waals surface area contributed by atoms with Gasteiger partial charge in [0.1, 0.15) is 0 Å². The van der Waals surface area contributed by atoms with Gasteiger partial charge in [0, 0.05) is 20.8 Å². The standard InChI is InChI=1S/C6H15NO2/c1-5(8-2)6(4-7)9-3/h5-6H,4,7H2,1-3H3. The molecule has 0 saturated heterocycles. The van der Waals surface area contributed by atoms with Crippen LogP contribution in [-0.4, -0.2) is 33.0 Å². The molecule has 2 atom stereocenters. The van der Waals surface area contributed by atoms with Gasteiger partial charge in [-0.2, -0.15) is 0 Å². The van der Waals surface area contributed by atoms with Gasteiger partial charge in [-0.05, 0) is 6.92 Å². The van der Waals surface area contributed by atoms with E-state index in [0.717, 1.165) is 0 Å². The van der Waals surface area contributed by atoms with Gasteiger partial charge in [-0.25, -0.2) is 0 Å². The maximum Gasteiger partial charge on any atom is 0.0951 e. The lowest BCUT2D eigenvalue weighted by atomic mass is 10.2. The normalized spacial score (nSPS) is 17.3. The van der Waals surface area contributed by atoms with Crippen LogP contribution in [0.1, 0.15) is 6.92 Å². The summed E-state index contributed by atoms with van der Waals surface area (Å²) in [6.45, 7) is 2.44. The van der Waals surface area contributed by atoms with Crippen LogP contribution in [0.4, 0.5) is 0 Å². The van der Waals surface area contributed by atoms with Gasteiger partial charge in [0.15, 0.2) is 0 Å². The fourth-order valence-corrected chi connectivity index (χ4v) is 0.631. The molecule has 0 fully saturated rings. The van der Waals surface area contributed by atoms with E-state index in [-0.39, 0.29) is 12.2 Å². The van der Waals surface area contributed by atoms with E-state index in [9.17, 15) is 0 Å². The topological polar surface area (TPSA) is 44.5 Å². The number of rotatable bonds is 4. The van der Waals surface area contributed by atoms with Crippen LogP contribution in [0.25, 0.3) is 0 Å². The van der Waals surface area contributed by atoms with Crippen LogP contribution in [0.3, 0.4) is 0 Å². The Bertz CT molecular complexity index is 64.1. The predicted octanol–water partition coefficient (Wildman–Crippen LogP) is -0.00500. The highest BCUT2D eigenvalue weighted by molar-refractivity contribution is 4.64. The molecule has 0 aliphatic carbocycles. The van der Waals surface area contributed by atoms with Gasteiger partial charge in [-0.1, -0.05) is 0 Å². The molecule has 2 N–H and O–H groups in total. The van der Waals surface area contributed by atoms with Crippen LogP contribution in [0.2, 0.25) is 0 Å². The van der Waals surface area contributed by atoms with Crippen LogP contribution in [0.5, 0.6) is 0 Å². The van der Waals surface area contributed by atoms with Crippen LogP contribution in [0, 0.1) is 0 Å². The molecule has 56 valence electrons. The molecule has 0 amide bonds. The zero-order valence-corrected chi connectivity index (χ0v) is 6.26. The first-order valence-corrected chi connectivity index (χ1v) is 3.02. The third-order valence-corrected chi connectivity index (χ3v) is 1.43. The van der Waals surface area contributed by atoms with Crippen molar-refractivity contribution in [2.75, 3.05) is 20.8 Å². The van der Waals surface area contributed by atoms with Gasteiger partial charge in [-0.15, -0.1) is 0 Å². The quantitative estimate of drug-likeness (QED) is 0.587. The van der Waals surface area contributed by atoms with E-state index in [1.54, 1.807) is 14.2 Å². The largest absolute Gasteiger partial charge is 0.379 e. The van der Waals surface area contributed by atoms with Crippen LogP contribution < -0.4 is 5.73 Å². The summed E-state index contributed by atoms with van der Waals surface area (Å²) in [5.74, 6) is 0. The van der Waals surface area contributed by atoms with Crippen LogP contribution in [-0.2, 0) is 9.47 Å². The molecule has 0 aliphatic rings. The summed E-state index contributed by atoms with van der Waals surface area (Å²) in [7, 11) is 3.28. The van der Waals surface area contributed by atoms with E-state index in [1.165, 1.54) is 0 Å². The molecule has 0 heterocycles. The van der Waals surface area contributed by atoms with Crippen LogP contribution in [0.15, 0.2) is 0 Å². The first kappa shape index (κ1) is 8.88. The Hall–Kier alpha value is -0.120. The molecule has 0 aliphatic heterocycles. The Morgan fingerprint density at radius 3 is 2.00 bits per heavy atom. The first-order chi connectivity index (χ1) is 4.26. The Morgan fingerprint density at radius 1 is 1.33 bits per heavy atom. The highest BCUT2D eigenvalue weighted by Gasteiger charge is 2.12. The molecule has 0 saturated carbocycles. The molecule has 0 aromatic heterocycles. The predicted molar refractivity (Wildman–Crippen MR) is 36.3 cm³/mol. The molecule has 3 nitrogen and oxygen atoms in total. The van der Waals surface area contributed by atoms with Crippen molar-refractivity contribution in [1.29, 1.82) is 0 Å². The Kier molecular flexibility index (Phi) is 4.67. The minimum Gasteiger partial charge on any atom is -0.379 e. The Balaban J connectivity index is 3.50. The number of hydrogen-bond donors (Lipinski definition) is 1. The molecule has 0 radical (unpaired) electrons. The van der Waals surface area contributed by atoms with Crippen molar-refractivity contribution >= 4 is 0 Å². The van der Waals surface area contributed by atoms with Gasteiger partial charge >= 0.3 is 0 Å². The summed E-state index contributed by atoms with van der Waals surface area (Å²) >= 11 is 0. The summed E-state index contributed by atoms with van der Waals surface area (Å²) in [6.07, 6.45) is 0.106. The molecular formula is C6H15NO2. The van der Waals surface area contributed by atoms with Crippen LogP contribution >= 0.6 is 0 Å². The maximum atomic E-state index is 5.35. The van der Waals surface area contributed by atoms with Crippen molar-refractivity contribution in [2.24, 2.45) is 5.73 Å². The molecule has 3 heteroatoms. The van der Waals surface area contributed by atoms with E-state index in [1.807, 2.05) is 6.92 Å². The summed E-state index contributed by atoms with van der Waals surface area (Å²) in [6, 6.07) is 0. The van der Waals surface area contributed by atoms with Gasteiger partial charge < -0.3 is 15.2 Å². The van der Waals surface area contributed by atoms with Crippen molar-refractivity contribution in [3.8, 4) is 0 Å². The second kappa shape index (κ2) is 4.73. The van der Waals surface area contributed by atoms with Crippen molar-refractivity contribution in [2.45, 2.75) is 19.1 Å². The van der Waals surface area contributed by atoms with E-state index in [2.05, 4.69) is 0 Å². The van der Waals surface area contributed by atoms with Crippen molar-refractivity contribution in [1.82, 2.24) is 0 Å². The third-order valence-electron chi connectivity index (χ3n) is 1.43. The van der Waals surface area contributed by atoms with Crippen molar-refractivity contribution in [3.05, 3.63) is 0 Å². The second-order valence-corrected chi connectivity index (χ2v) is 1.95. The number of ether oxygens (including phenoxy) is 2. The zero-order valence-electron chi connectivity index (χ0n) is 6.26. The number of methoxy groups -OCH3 is 2. The highest BCUT2D eigenvalue weighted by atomic mass is 16.5. The lowest BCUT2D eigenvalue weighted by Gasteiger charge is -2.18. The monoisotopic (exact) mass is 133 g/mol. The van der Waals surface area contributed by atoms with Crippen molar-refractivity contribution in [3.63, 3.8) is 0 Å². The Labute approximate surface area is 56.1 Å². The molecule has 0 spiro atoms. The summed E-state index contributed by atoms with van der Waals surface area (Å²) in [5.41, 5.74) is 5.35. The molecule has 0 aromatic rings. The zero-order chi connectivity index (χ0) is 7.28. The molecule has 0 rings (SSSR count). The highest BCUT2D eigenvalue weighted by Crippen LogP contribution is 1.98. The molecule has 0 bridgehead atoms. The second-order valence-electron chi connectivity index (χ2n) is 1.95. The minimum absolute atomic E-state index is 0.0231. The van der Waals surface area contributed by atoms with Gasteiger partial charge in [0.25, 0.3) is 0 Å². The Morgan fingerprint density at radius 2 is 1.89 bits per heavy atom. The van der Waals surface area contributed by atoms with Crippen molar-refractivity contribution < 1.29 is 9.47 Å². The van der Waals surface area contributed by atoms with E-state index < -0.39 is 0 Å². The average molecular weight is 133 g/mol. The van der Waals surface area contributed by atoms with E-state index >= 15 is 0 Å². The minimum atomic E-state index is 0.0231. The fourth-order valence-electron chi connectivity index (χ4n) is 0.631. The fraction of sp³-hybridized carbons (Fsp3) is 1.00. The van der Waals surface area contributed by atoms with Gasteiger partial charge in [0.2, 0.25) is 0 Å². The number of nitrogens with two attached hydrogens (primary N) is 1. The third kappa shape index (κ3) is 2.79. The first-order valence-electron chi connectivity index (χ1n) is 3.02.